The van der Waals surface area contributed by atoms with Crippen LogP contribution in [0.15, 0.2) is 0 Å². The molecule has 0 aliphatic carbocycles. The van der Waals surface area contributed by atoms with Crippen LogP contribution in [-0.4, -0.2) is 42.4 Å². The van der Waals surface area contributed by atoms with Crippen molar-refractivity contribution in [2.45, 2.75) is 32.8 Å². The fourth-order valence-corrected chi connectivity index (χ4v) is 1.55. The van der Waals surface area contributed by atoms with Crippen molar-refractivity contribution in [3.8, 4) is 0 Å². The van der Waals surface area contributed by atoms with Crippen LogP contribution in [0.4, 0.5) is 0 Å². The summed E-state index contributed by atoms with van der Waals surface area (Å²) in [6, 6.07) is 0. The van der Waals surface area contributed by atoms with E-state index < -0.39 is 0 Å². The highest BCUT2D eigenvalue weighted by atomic mass is 16.5. The summed E-state index contributed by atoms with van der Waals surface area (Å²) in [5, 5.41) is 0. The van der Waals surface area contributed by atoms with Gasteiger partial charge in [-0.1, -0.05) is 0 Å². The number of hydrogen-bond donors (Lipinski definition) is 0. The van der Waals surface area contributed by atoms with Crippen molar-refractivity contribution in [2.75, 3.05) is 19.7 Å². The maximum atomic E-state index is 11.6. The van der Waals surface area contributed by atoms with Crippen LogP contribution in [0.3, 0.4) is 0 Å². The van der Waals surface area contributed by atoms with Crippen molar-refractivity contribution < 1.29 is 14.3 Å². The molecule has 4 nitrogen and oxygen atoms in total. The van der Waals surface area contributed by atoms with Gasteiger partial charge in [0.1, 0.15) is 5.78 Å². The van der Waals surface area contributed by atoms with Crippen molar-refractivity contribution >= 4 is 11.7 Å². The third kappa shape index (κ3) is 3.46. The van der Waals surface area contributed by atoms with Crippen LogP contribution in [0, 0.1) is 0 Å². The Hall–Kier alpha value is -0.900. The largest absolute Gasteiger partial charge is 0.377 e. The second-order valence-corrected chi connectivity index (χ2v) is 3.75. The number of Topliss-reactive ketones (excluding diaryl/α,β-unsaturated/α-hetero) is 1. The lowest BCUT2D eigenvalue weighted by atomic mass is 10.2. The zero-order chi connectivity index (χ0) is 10.6. The molecule has 14 heavy (non-hydrogen) atoms. The van der Waals surface area contributed by atoms with Gasteiger partial charge in [-0.05, 0) is 20.3 Å². The molecule has 0 aromatic rings. The molecule has 0 N–H and O–H groups in total. The van der Waals surface area contributed by atoms with E-state index in [4.69, 9.17) is 4.74 Å². The van der Waals surface area contributed by atoms with E-state index in [2.05, 4.69) is 0 Å². The molecule has 1 unspecified atom stereocenters. The SMILES string of the molecule is CC(=O)CC(=O)N1CCCOC(C)C1. The van der Waals surface area contributed by atoms with E-state index in [1.165, 1.54) is 6.92 Å². The normalized spacial score (nSPS) is 23.0. The Bertz CT molecular complexity index is 227. The Morgan fingerprint density at radius 1 is 1.50 bits per heavy atom. The number of carbonyl (C=O) groups excluding carboxylic acids is 2. The topological polar surface area (TPSA) is 46.6 Å². The molecule has 1 heterocycles. The van der Waals surface area contributed by atoms with Gasteiger partial charge in [-0.15, -0.1) is 0 Å². The smallest absolute Gasteiger partial charge is 0.230 e. The Kier molecular flexibility index (Phi) is 4.07. The summed E-state index contributed by atoms with van der Waals surface area (Å²) in [5.41, 5.74) is 0. The first-order valence-electron chi connectivity index (χ1n) is 4.98. The summed E-state index contributed by atoms with van der Waals surface area (Å²) < 4.78 is 5.41. The van der Waals surface area contributed by atoms with Crippen molar-refractivity contribution in [3.63, 3.8) is 0 Å². The van der Waals surface area contributed by atoms with Gasteiger partial charge in [0.05, 0.1) is 12.5 Å². The van der Waals surface area contributed by atoms with Crippen LogP contribution < -0.4 is 0 Å². The first kappa shape index (κ1) is 11.2. The zero-order valence-corrected chi connectivity index (χ0v) is 8.78. The Balaban J connectivity index is 2.48. The van der Waals surface area contributed by atoms with Crippen LogP contribution in [0.1, 0.15) is 26.7 Å². The molecular weight excluding hydrogens is 182 g/mol. The molecule has 4 heteroatoms. The van der Waals surface area contributed by atoms with E-state index in [-0.39, 0.29) is 24.2 Å². The first-order valence-corrected chi connectivity index (χ1v) is 4.98. The third-order valence-corrected chi connectivity index (χ3v) is 2.21. The van der Waals surface area contributed by atoms with Gasteiger partial charge < -0.3 is 9.64 Å². The van der Waals surface area contributed by atoms with Crippen molar-refractivity contribution in [2.24, 2.45) is 0 Å². The zero-order valence-electron chi connectivity index (χ0n) is 8.78. The summed E-state index contributed by atoms with van der Waals surface area (Å²) in [6.45, 7) is 5.39. The average Bonchev–Trinajstić information content (AvgIpc) is 2.28. The van der Waals surface area contributed by atoms with E-state index in [1.54, 1.807) is 4.90 Å². The second kappa shape index (κ2) is 5.10. The predicted molar refractivity (Wildman–Crippen MR) is 51.9 cm³/mol. The molecule has 0 bridgehead atoms. The molecule has 0 aromatic carbocycles. The van der Waals surface area contributed by atoms with E-state index in [0.29, 0.717) is 19.7 Å². The van der Waals surface area contributed by atoms with Crippen molar-refractivity contribution in [1.29, 1.82) is 0 Å². The van der Waals surface area contributed by atoms with Gasteiger partial charge in [-0.25, -0.2) is 0 Å². The van der Waals surface area contributed by atoms with E-state index in [1.807, 2.05) is 6.92 Å². The number of rotatable bonds is 2. The van der Waals surface area contributed by atoms with E-state index >= 15 is 0 Å². The first-order chi connectivity index (χ1) is 6.59. The molecular formula is C10H17NO3. The van der Waals surface area contributed by atoms with Crippen LogP contribution in [0.25, 0.3) is 0 Å². The van der Waals surface area contributed by atoms with Crippen molar-refractivity contribution in [3.05, 3.63) is 0 Å². The molecule has 1 fully saturated rings. The average molecular weight is 199 g/mol. The van der Waals surface area contributed by atoms with Crippen LogP contribution in [0.5, 0.6) is 0 Å². The Morgan fingerprint density at radius 2 is 2.21 bits per heavy atom. The lowest BCUT2D eigenvalue weighted by Gasteiger charge is -2.21. The Morgan fingerprint density at radius 3 is 2.86 bits per heavy atom. The molecule has 1 aliphatic rings. The van der Waals surface area contributed by atoms with Crippen LogP contribution >= 0.6 is 0 Å². The minimum absolute atomic E-state index is 0.0206. The summed E-state index contributed by atoms with van der Waals surface area (Å²) in [4.78, 5) is 24.1. The summed E-state index contributed by atoms with van der Waals surface area (Å²) in [5.74, 6) is -0.150. The Labute approximate surface area is 84.2 Å². The highest BCUT2D eigenvalue weighted by Gasteiger charge is 2.20. The van der Waals surface area contributed by atoms with E-state index in [9.17, 15) is 9.59 Å². The highest BCUT2D eigenvalue weighted by Crippen LogP contribution is 2.06. The number of ether oxygens (including phenoxy) is 1. The molecule has 0 radical (unpaired) electrons. The lowest BCUT2D eigenvalue weighted by Crippen LogP contribution is -2.36. The van der Waals surface area contributed by atoms with Crippen molar-refractivity contribution in [1.82, 2.24) is 4.90 Å². The molecule has 80 valence electrons. The monoisotopic (exact) mass is 199 g/mol. The number of carbonyl (C=O) groups is 2. The van der Waals surface area contributed by atoms with Crippen LogP contribution in [-0.2, 0) is 14.3 Å². The van der Waals surface area contributed by atoms with Gasteiger partial charge in [0.15, 0.2) is 0 Å². The quantitative estimate of drug-likeness (QED) is 0.612. The minimum atomic E-state index is -0.0761. The van der Waals surface area contributed by atoms with E-state index in [0.717, 1.165) is 6.42 Å². The van der Waals surface area contributed by atoms with Gasteiger partial charge in [0.25, 0.3) is 0 Å². The molecule has 1 rings (SSSR count). The van der Waals surface area contributed by atoms with Gasteiger partial charge in [-0.3, -0.25) is 9.59 Å². The lowest BCUT2D eigenvalue weighted by molar-refractivity contribution is -0.135. The third-order valence-electron chi connectivity index (χ3n) is 2.21. The van der Waals surface area contributed by atoms with Gasteiger partial charge in [0, 0.05) is 19.7 Å². The number of ketones is 1. The fourth-order valence-electron chi connectivity index (χ4n) is 1.55. The molecule has 1 atom stereocenters. The standard InChI is InChI=1S/C10H17NO3/c1-8(12)6-10(13)11-4-3-5-14-9(2)7-11/h9H,3-7H2,1-2H3. The molecule has 0 aromatic heterocycles. The van der Waals surface area contributed by atoms with Gasteiger partial charge in [0.2, 0.25) is 5.91 Å². The molecule has 1 saturated heterocycles. The highest BCUT2D eigenvalue weighted by molar-refractivity contribution is 5.96. The van der Waals surface area contributed by atoms with Gasteiger partial charge >= 0.3 is 0 Å². The molecule has 1 amide bonds. The minimum Gasteiger partial charge on any atom is -0.377 e. The number of amides is 1. The summed E-state index contributed by atoms with van der Waals surface area (Å²) >= 11 is 0. The maximum absolute atomic E-state index is 11.6. The predicted octanol–water partition coefficient (Wildman–Crippen LogP) is 0.603. The maximum Gasteiger partial charge on any atom is 0.230 e. The second-order valence-electron chi connectivity index (χ2n) is 3.75. The molecule has 1 aliphatic heterocycles. The van der Waals surface area contributed by atoms with Gasteiger partial charge in [-0.2, -0.15) is 0 Å². The summed E-state index contributed by atoms with van der Waals surface area (Å²) in [6.07, 6.45) is 0.953. The number of hydrogen-bond acceptors (Lipinski definition) is 3. The molecule has 0 saturated carbocycles. The number of nitrogens with zero attached hydrogens (tertiary/aromatic N) is 1. The fraction of sp³-hybridized carbons (Fsp3) is 0.800. The van der Waals surface area contributed by atoms with Crippen LogP contribution in [0.2, 0.25) is 0 Å². The molecule has 0 spiro atoms. The summed E-state index contributed by atoms with van der Waals surface area (Å²) in [7, 11) is 0.